The first-order valence-corrected chi connectivity index (χ1v) is 5.03. The van der Waals surface area contributed by atoms with Crippen molar-refractivity contribution in [3.05, 3.63) is 45.2 Å². The van der Waals surface area contributed by atoms with Crippen LogP contribution in [0.3, 0.4) is 0 Å². The molecule has 0 saturated heterocycles. The molecule has 0 fully saturated rings. The van der Waals surface area contributed by atoms with Gasteiger partial charge in [0.25, 0.3) is 5.69 Å². The van der Waals surface area contributed by atoms with Crippen LogP contribution in [0.5, 0.6) is 5.75 Å². The van der Waals surface area contributed by atoms with Crippen LogP contribution in [-0.4, -0.2) is 18.1 Å². The number of benzene rings is 1. The molecule has 1 aromatic rings. The van der Waals surface area contributed by atoms with Gasteiger partial charge in [-0.3, -0.25) is 10.1 Å². The number of nitro groups is 1. The Bertz CT molecular complexity index is 455. The fraction of sp³-hybridized carbons (Fsp3) is 0.200. The Morgan fingerprint density at radius 2 is 2.28 bits per heavy atom. The second-order valence-corrected chi connectivity index (χ2v) is 3.45. The van der Waals surface area contributed by atoms with E-state index in [1.807, 2.05) is 0 Å². The standard InChI is InChI=1S/C10H10ClFN2O3.ClH/c11-9-5-8(14(15)16)1-2-10(9)17-6-7(12)3-4-13;/h1-3,5H,4,6,13H2;1H/b7-3-;. The Morgan fingerprint density at radius 3 is 2.78 bits per heavy atom. The molecule has 1 aromatic carbocycles. The minimum Gasteiger partial charge on any atom is -0.485 e. The van der Waals surface area contributed by atoms with Crippen molar-refractivity contribution in [3.63, 3.8) is 0 Å². The molecule has 0 heterocycles. The average molecular weight is 297 g/mol. The Hall–Kier alpha value is -1.37. The highest BCUT2D eigenvalue weighted by molar-refractivity contribution is 6.32. The number of non-ortho nitro benzene ring substituents is 1. The molecule has 0 radical (unpaired) electrons. The lowest BCUT2D eigenvalue weighted by atomic mass is 10.3. The summed E-state index contributed by atoms with van der Waals surface area (Å²) >= 11 is 5.74. The molecular formula is C10H11Cl2FN2O3. The molecule has 1 rings (SSSR count). The van der Waals surface area contributed by atoms with Crippen molar-refractivity contribution in [1.29, 1.82) is 0 Å². The third-order valence-corrected chi connectivity index (χ3v) is 2.13. The smallest absolute Gasteiger partial charge is 0.271 e. The predicted octanol–water partition coefficient (Wildman–Crippen LogP) is 2.86. The second-order valence-electron chi connectivity index (χ2n) is 3.05. The highest BCUT2D eigenvalue weighted by Gasteiger charge is 2.10. The SMILES string of the molecule is Cl.NC/C=C(\F)COc1ccc([N+](=O)[O-])cc1Cl. The van der Waals surface area contributed by atoms with E-state index in [1.54, 1.807) is 0 Å². The molecule has 0 aliphatic heterocycles. The number of halogens is 3. The second kappa shape index (κ2) is 7.86. The van der Waals surface area contributed by atoms with Crippen molar-refractivity contribution in [1.82, 2.24) is 0 Å². The first kappa shape index (κ1) is 16.6. The molecule has 2 N–H and O–H groups in total. The maximum atomic E-state index is 12.9. The van der Waals surface area contributed by atoms with Gasteiger partial charge in [0.1, 0.15) is 18.2 Å². The van der Waals surface area contributed by atoms with Crippen molar-refractivity contribution >= 4 is 29.7 Å². The van der Waals surface area contributed by atoms with Gasteiger partial charge in [-0.1, -0.05) is 11.6 Å². The lowest BCUT2D eigenvalue weighted by Gasteiger charge is -2.06. The van der Waals surface area contributed by atoms with E-state index in [9.17, 15) is 14.5 Å². The largest absolute Gasteiger partial charge is 0.485 e. The zero-order chi connectivity index (χ0) is 12.8. The van der Waals surface area contributed by atoms with Crippen LogP contribution >= 0.6 is 24.0 Å². The number of rotatable bonds is 5. The Labute approximate surface area is 114 Å². The van der Waals surface area contributed by atoms with Crippen LogP contribution in [-0.2, 0) is 0 Å². The monoisotopic (exact) mass is 296 g/mol. The van der Waals surface area contributed by atoms with Gasteiger partial charge >= 0.3 is 0 Å². The van der Waals surface area contributed by atoms with Crippen LogP contribution < -0.4 is 10.5 Å². The van der Waals surface area contributed by atoms with E-state index in [4.69, 9.17) is 22.1 Å². The van der Waals surface area contributed by atoms with Crippen molar-refractivity contribution in [2.24, 2.45) is 5.73 Å². The van der Waals surface area contributed by atoms with Crippen molar-refractivity contribution in [2.45, 2.75) is 0 Å². The summed E-state index contributed by atoms with van der Waals surface area (Å²) in [6, 6.07) is 3.68. The Morgan fingerprint density at radius 1 is 1.61 bits per heavy atom. The van der Waals surface area contributed by atoms with Gasteiger partial charge in [0.2, 0.25) is 0 Å². The van der Waals surface area contributed by atoms with Crippen LogP contribution in [0.15, 0.2) is 30.1 Å². The summed E-state index contributed by atoms with van der Waals surface area (Å²) in [6.07, 6.45) is 1.17. The van der Waals surface area contributed by atoms with Gasteiger partial charge in [-0.05, 0) is 12.1 Å². The number of ether oxygens (including phenoxy) is 1. The van der Waals surface area contributed by atoms with Crippen molar-refractivity contribution in [2.75, 3.05) is 13.2 Å². The molecule has 100 valence electrons. The average Bonchev–Trinajstić information content (AvgIpc) is 2.27. The number of hydrogen-bond acceptors (Lipinski definition) is 4. The van der Waals surface area contributed by atoms with Gasteiger partial charge in [0, 0.05) is 18.7 Å². The van der Waals surface area contributed by atoms with Crippen LogP contribution in [0.25, 0.3) is 0 Å². The van der Waals surface area contributed by atoms with E-state index in [-0.39, 0.29) is 42.0 Å². The minimum absolute atomic E-state index is 0. The van der Waals surface area contributed by atoms with Crippen LogP contribution in [0.4, 0.5) is 10.1 Å². The molecule has 0 saturated carbocycles. The third kappa shape index (κ3) is 4.87. The number of nitrogens with two attached hydrogens (primary N) is 1. The van der Waals surface area contributed by atoms with Gasteiger partial charge < -0.3 is 10.5 Å². The predicted molar refractivity (Wildman–Crippen MR) is 69.1 cm³/mol. The van der Waals surface area contributed by atoms with Gasteiger partial charge in [0.05, 0.1) is 9.95 Å². The van der Waals surface area contributed by atoms with E-state index in [0.717, 1.165) is 6.07 Å². The molecule has 8 heteroatoms. The summed E-state index contributed by atoms with van der Waals surface area (Å²) in [6.45, 7) is -0.238. The fourth-order valence-electron chi connectivity index (χ4n) is 1.05. The highest BCUT2D eigenvalue weighted by atomic mass is 35.5. The number of nitrogens with zero attached hydrogens (tertiary/aromatic N) is 1. The van der Waals surface area contributed by atoms with Crippen LogP contribution in [0, 0.1) is 10.1 Å². The summed E-state index contributed by atoms with van der Waals surface area (Å²) in [5, 5.41) is 10.5. The van der Waals surface area contributed by atoms with Crippen molar-refractivity contribution < 1.29 is 14.1 Å². The maximum absolute atomic E-state index is 12.9. The molecule has 0 aliphatic carbocycles. The molecule has 0 amide bonds. The van der Waals surface area contributed by atoms with Gasteiger partial charge in [-0.2, -0.15) is 0 Å². The molecular weight excluding hydrogens is 286 g/mol. The highest BCUT2D eigenvalue weighted by Crippen LogP contribution is 2.28. The normalized spacial score (nSPS) is 10.7. The van der Waals surface area contributed by atoms with E-state index in [0.29, 0.717) is 0 Å². The van der Waals surface area contributed by atoms with Crippen molar-refractivity contribution in [3.8, 4) is 5.75 Å². The minimum atomic E-state index is -0.579. The first-order valence-electron chi connectivity index (χ1n) is 4.66. The van der Waals surface area contributed by atoms with Gasteiger partial charge in [0.15, 0.2) is 0 Å². The molecule has 0 unspecified atom stereocenters. The molecule has 5 nitrogen and oxygen atoms in total. The molecule has 0 aromatic heterocycles. The number of hydrogen-bond donors (Lipinski definition) is 1. The Kier molecular flexibility index (Phi) is 7.26. The lowest BCUT2D eigenvalue weighted by Crippen LogP contribution is -2.02. The van der Waals surface area contributed by atoms with Crippen LogP contribution in [0.1, 0.15) is 0 Å². The van der Waals surface area contributed by atoms with Gasteiger partial charge in [-0.25, -0.2) is 4.39 Å². The quantitative estimate of drug-likeness (QED) is 0.669. The van der Waals surface area contributed by atoms with E-state index in [2.05, 4.69) is 0 Å². The summed E-state index contributed by atoms with van der Waals surface area (Å²) in [4.78, 5) is 9.86. The molecule has 0 atom stereocenters. The van der Waals surface area contributed by atoms with E-state index in [1.165, 1.54) is 18.2 Å². The summed E-state index contributed by atoms with van der Waals surface area (Å²) in [5.41, 5.74) is 4.96. The maximum Gasteiger partial charge on any atom is 0.271 e. The zero-order valence-electron chi connectivity index (χ0n) is 9.14. The topological polar surface area (TPSA) is 78.4 Å². The number of nitro benzene ring substituents is 1. The summed E-state index contributed by atoms with van der Waals surface area (Å²) in [5.74, 6) is -0.347. The third-order valence-electron chi connectivity index (χ3n) is 1.83. The Balaban J connectivity index is 0.00000289. The van der Waals surface area contributed by atoms with E-state index >= 15 is 0 Å². The first-order chi connectivity index (χ1) is 8.04. The molecule has 0 aliphatic rings. The van der Waals surface area contributed by atoms with E-state index < -0.39 is 10.8 Å². The van der Waals surface area contributed by atoms with Crippen LogP contribution in [0.2, 0.25) is 5.02 Å². The van der Waals surface area contributed by atoms with Gasteiger partial charge in [-0.15, -0.1) is 12.4 Å². The fourth-order valence-corrected chi connectivity index (χ4v) is 1.28. The molecule has 0 bridgehead atoms. The molecule has 18 heavy (non-hydrogen) atoms. The lowest BCUT2D eigenvalue weighted by molar-refractivity contribution is -0.384. The summed E-state index contributed by atoms with van der Waals surface area (Å²) in [7, 11) is 0. The summed E-state index contributed by atoms with van der Waals surface area (Å²) < 4.78 is 18.0. The zero-order valence-corrected chi connectivity index (χ0v) is 10.7. The molecule has 0 spiro atoms.